The second-order valence-corrected chi connectivity index (χ2v) is 7.82. The van der Waals surface area contributed by atoms with Crippen molar-refractivity contribution in [2.45, 2.75) is 45.2 Å². The molecule has 0 aromatic heterocycles. The van der Waals surface area contributed by atoms with E-state index in [4.69, 9.17) is 5.11 Å². The molecule has 8 heteroatoms. The lowest BCUT2D eigenvalue weighted by Gasteiger charge is -2.24. The Labute approximate surface area is 119 Å². The lowest BCUT2D eigenvalue weighted by atomic mass is 10.0. The quantitative estimate of drug-likeness (QED) is 0.679. The van der Waals surface area contributed by atoms with E-state index in [-0.39, 0.29) is 17.4 Å². The molecule has 1 aliphatic rings. The van der Waals surface area contributed by atoms with Crippen LogP contribution < -0.4 is 10.6 Å². The van der Waals surface area contributed by atoms with E-state index in [1.165, 1.54) is 0 Å². The molecule has 2 atom stereocenters. The third-order valence-electron chi connectivity index (χ3n) is 3.11. The number of carbonyl (C=O) groups is 2. The van der Waals surface area contributed by atoms with Crippen molar-refractivity contribution >= 4 is 21.8 Å². The predicted octanol–water partition coefficient (Wildman–Crippen LogP) is 0.362. The van der Waals surface area contributed by atoms with E-state index in [0.717, 1.165) is 0 Å². The first-order valence-corrected chi connectivity index (χ1v) is 8.52. The Balaban J connectivity index is 2.51. The van der Waals surface area contributed by atoms with Crippen LogP contribution in [0.3, 0.4) is 0 Å². The topological polar surface area (TPSA) is 113 Å². The molecule has 20 heavy (non-hydrogen) atoms. The van der Waals surface area contributed by atoms with Crippen molar-refractivity contribution in [3.8, 4) is 0 Å². The number of carboxylic acids is 1. The summed E-state index contributed by atoms with van der Waals surface area (Å²) < 4.78 is 22.9. The molecule has 0 spiro atoms. The molecule has 0 aliphatic carbocycles. The summed E-state index contributed by atoms with van der Waals surface area (Å²) in [7, 11) is -3.10. The monoisotopic (exact) mass is 306 g/mol. The zero-order valence-electron chi connectivity index (χ0n) is 11.8. The first-order chi connectivity index (χ1) is 9.19. The molecule has 0 aromatic carbocycles. The third kappa shape index (κ3) is 5.77. The Kier molecular flexibility index (Phi) is 5.79. The molecular formula is C12H22N2O5S. The Bertz CT molecular complexity index is 460. The highest BCUT2D eigenvalue weighted by Gasteiger charge is 2.27. The molecule has 0 aromatic rings. The van der Waals surface area contributed by atoms with E-state index in [9.17, 15) is 18.0 Å². The number of hydrogen-bond donors (Lipinski definition) is 3. The van der Waals surface area contributed by atoms with Gasteiger partial charge in [0.25, 0.3) is 0 Å². The number of aliphatic carboxylic acids is 1. The number of hydrogen-bond acceptors (Lipinski definition) is 4. The van der Waals surface area contributed by atoms with Crippen molar-refractivity contribution in [2.24, 2.45) is 5.92 Å². The van der Waals surface area contributed by atoms with Crippen molar-refractivity contribution in [2.75, 3.05) is 11.5 Å². The average Bonchev–Trinajstić information content (AvgIpc) is 2.25. The van der Waals surface area contributed by atoms with Crippen LogP contribution in [0.1, 0.15) is 33.1 Å². The van der Waals surface area contributed by atoms with Gasteiger partial charge < -0.3 is 15.7 Å². The van der Waals surface area contributed by atoms with E-state index in [1.54, 1.807) is 0 Å². The normalized spacial score (nSPS) is 23.1. The van der Waals surface area contributed by atoms with Gasteiger partial charge in [0.2, 0.25) is 0 Å². The molecule has 1 aliphatic heterocycles. The summed E-state index contributed by atoms with van der Waals surface area (Å²) in [6.07, 6.45) is 1.43. The first-order valence-electron chi connectivity index (χ1n) is 6.70. The van der Waals surface area contributed by atoms with Crippen LogP contribution in [-0.2, 0) is 14.6 Å². The molecule has 3 N–H and O–H groups in total. The van der Waals surface area contributed by atoms with Gasteiger partial charge in [-0.3, -0.25) is 0 Å². The Morgan fingerprint density at radius 1 is 1.35 bits per heavy atom. The first kappa shape index (κ1) is 16.7. The van der Waals surface area contributed by atoms with Gasteiger partial charge in [0.15, 0.2) is 9.84 Å². The van der Waals surface area contributed by atoms with Gasteiger partial charge in [0.05, 0.1) is 11.5 Å². The maximum Gasteiger partial charge on any atom is 0.326 e. The van der Waals surface area contributed by atoms with E-state index < -0.39 is 33.9 Å². The fourth-order valence-corrected chi connectivity index (χ4v) is 3.85. The number of urea groups is 1. The number of carbonyl (C=O) groups excluding carboxylic acids is 1. The second kappa shape index (κ2) is 6.92. The molecule has 1 saturated heterocycles. The minimum Gasteiger partial charge on any atom is -0.480 e. The van der Waals surface area contributed by atoms with Crippen LogP contribution in [-0.4, -0.2) is 49.1 Å². The molecule has 0 saturated carbocycles. The summed E-state index contributed by atoms with van der Waals surface area (Å²) in [6.45, 7) is 3.73. The minimum absolute atomic E-state index is 0.0810. The van der Waals surface area contributed by atoms with Crippen molar-refractivity contribution in [3.05, 3.63) is 0 Å². The third-order valence-corrected chi connectivity index (χ3v) is 4.93. The smallest absolute Gasteiger partial charge is 0.326 e. The summed E-state index contributed by atoms with van der Waals surface area (Å²) >= 11 is 0. The molecule has 0 radical (unpaired) electrons. The lowest BCUT2D eigenvalue weighted by molar-refractivity contribution is -0.139. The van der Waals surface area contributed by atoms with Gasteiger partial charge in [0, 0.05) is 6.04 Å². The molecule has 7 nitrogen and oxygen atoms in total. The number of rotatable bonds is 5. The van der Waals surface area contributed by atoms with Gasteiger partial charge >= 0.3 is 12.0 Å². The van der Waals surface area contributed by atoms with Crippen LogP contribution in [0, 0.1) is 5.92 Å². The van der Waals surface area contributed by atoms with Crippen molar-refractivity contribution in [1.82, 2.24) is 10.6 Å². The zero-order chi connectivity index (χ0) is 15.3. The SMILES string of the molecule is CC(C)CC(NC(=O)NC1CCCS(=O)(=O)C1)C(=O)O. The van der Waals surface area contributed by atoms with E-state index in [2.05, 4.69) is 10.6 Å². The van der Waals surface area contributed by atoms with Gasteiger partial charge in [0.1, 0.15) is 6.04 Å². The average molecular weight is 306 g/mol. The van der Waals surface area contributed by atoms with Crippen LogP contribution in [0.2, 0.25) is 0 Å². The van der Waals surface area contributed by atoms with Crippen LogP contribution in [0.4, 0.5) is 4.79 Å². The number of carboxylic acid groups (broad SMARTS) is 1. The standard InChI is InChI=1S/C12H22N2O5S/c1-8(2)6-10(11(15)16)14-12(17)13-9-4-3-5-20(18,19)7-9/h8-10H,3-7H2,1-2H3,(H,15,16)(H2,13,14,17). The van der Waals surface area contributed by atoms with E-state index in [1.807, 2.05) is 13.8 Å². The Hall–Kier alpha value is -1.31. The molecule has 2 amide bonds. The molecule has 1 fully saturated rings. The Morgan fingerprint density at radius 2 is 2.00 bits per heavy atom. The van der Waals surface area contributed by atoms with Crippen molar-refractivity contribution in [3.63, 3.8) is 0 Å². The van der Waals surface area contributed by atoms with Gasteiger partial charge in [-0.05, 0) is 25.2 Å². The van der Waals surface area contributed by atoms with E-state index >= 15 is 0 Å². The van der Waals surface area contributed by atoms with E-state index in [0.29, 0.717) is 19.3 Å². The fourth-order valence-electron chi connectivity index (χ4n) is 2.21. The molecule has 0 bridgehead atoms. The summed E-state index contributed by atoms with van der Waals surface area (Å²) in [4.78, 5) is 22.8. The summed E-state index contributed by atoms with van der Waals surface area (Å²) in [5.74, 6) is -0.892. The molecule has 2 unspecified atom stereocenters. The van der Waals surface area contributed by atoms with Crippen molar-refractivity contribution in [1.29, 1.82) is 0 Å². The summed E-state index contributed by atoms with van der Waals surface area (Å²) in [5.41, 5.74) is 0. The van der Waals surface area contributed by atoms with Gasteiger partial charge in [-0.1, -0.05) is 13.8 Å². The predicted molar refractivity (Wildman–Crippen MR) is 74.2 cm³/mol. The highest BCUT2D eigenvalue weighted by atomic mass is 32.2. The van der Waals surface area contributed by atoms with Crippen LogP contribution in [0.15, 0.2) is 0 Å². The molecule has 1 rings (SSSR count). The van der Waals surface area contributed by atoms with Gasteiger partial charge in [-0.25, -0.2) is 18.0 Å². The number of nitrogens with one attached hydrogen (secondary N) is 2. The van der Waals surface area contributed by atoms with Crippen LogP contribution in [0.25, 0.3) is 0 Å². The van der Waals surface area contributed by atoms with Crippen molar-refractivity contribution < 1.29 is 23.1 Å². The fraction of sp³-hybridized carbons (Fsp3) is 0.833. The largest absolute Gasteiger partial charge is 0.480 e. The second-order valence-electron chi connectivity index (χ2n) is 5.59. The highest BCUT2D eigenvalue weighted by Crippen LogP contribution is 2.12. The molecular weight excluding hydrogens is 284 g/mol. The Morgan fingerprint density at radius 3 is 2.50 bits per heavy atom. The van der Waals surface area contributed by atoms with Gasteiger partial charge in [-0.2, -0.15) is 0 Å². The van der Waals surface area contributed by atoms with Gasteiger partial charge in [-0.15, -0.1) is 0 Å². The highest BCUT2D eigenvalue weighted by molar-refractivity contribution is 7.91. The number of sulfone groups is 1. The van der Waals surface area contributed by atoms with Crippen LogP contribution in [0.5, 0.6) is 0 Å². The maximum atomic E-state index is 11.7. The lowest BCUT2D eigenvalue weighted by Crippen LogP contribution is -2.51. The molecule has 1 heterocycles. The minimum atomic E-state index is -3.10. The number of amides is 2. The summed E-state index contributed by atoms with van der Waals surface area (Å²) in [6, 6.07) is -2.03. The van der Waals surface area contributed by atoms with Crippen LogP contribution >= 0.6 is 0 Å². The molecule has 116 valence electrons. The maximum absolute atomic E-state index is 11.7. The zero-order valence-corrected chi connectivity index (χ0v) is 12.6. The summed E-state index contributed by atoms with van der Waals surface area (Å²) in [5, 5.41) is 13.9.